The lowest BCUT2D eigenvalue weighted by molar-refractivity contribution is 0.447. The van der Waals surface area contributed by atoms with E-state index in [0.29, 0.717) is 10.0 Å². The first-order valence-corrected chi connectivity index (χ1v) is 5.64. The highest BCUT2D eigenvalue weighted by molar-refractivity contribution is 6.42. The highest BCUT2D eigenvalue weighted by atomic mass is 35.5. The Bertz CT molecular complexity index is 372. The Balaban J connectivity index is 2.93. The van der Waals surface area contributed by atoms with E-state index in [4.69, 9.17) is 23.2 Å². The summed E-state index contributed by atoms with van der Waals surface area (Å²) in [5.41, 5.74) is 2.28. The minimum atomic E-state index is 0.593. The molecule has 0 saturated heterocycles. The average molecular weight is 244 g/mol. The average Bonchev–Trinajstić information content (AvgIpc) is 2.22. The fourth-order valence-electron chi connectivity index (χ4n) is 1.20. The van der Waals surface area contributed by atoms with E-state index in [9.17, 15) is 0 Å². The number of hydrogen-bond acceptors (Lipinski definition) is 1. The van der Waals surface area contributed by atoms with Gasteiger partial charge in [0.2, 0.25) is 0 Å². The maximum Gasteiger partial charge on any atom is 0.0598 e. The van der Waals surface area contributed by atoms with Crippen LogP contribution < -0.4 is 0 Å². The Morgan fingerprint density at radius 2 is 2.00 bits per heavy atom. The summed E-state index contributed by atoms with van der Waals surface area (Å²) in [5.74, 6) is 0. The van der Waals surface area contributed by atoms with E-state index >= 15 is 0 Å². The zero-order valence-electron chi connectivity index (χ0n) is 9.22. The van der Waals surface area contributed by atoms with Crippen molar-refractivity contribution in [1.82, 2.24) is 4.90 Å². The van der Waals surface area contributed by atoms with Crippen LogP contribution in [0, 0.1) is 0 Å². The van der Waals surface area contributed by atoms with Crippen LogP contribution in [0.5, 0.6) is 0 Å². The van der Waals surface area contributed by atoms with E-state index in [0.717, 1.165) is 12.1 Å². The van der Waals surface area contributed by atoms with Gasteiger partial charge in [0.05, 0.1) is 10.0 Å². The molecule has 15 heavy (non-hydrogen) atoms. The molecule has 0 saturated carbocycles. The second-order valence-corrected chi connectivity index (χ2v) is 4.29. The molecular weight excluding hydrogens is 229 g/mol. The summed E-state index contributed by atoms with van der Waals surface area (Å²) in [5, 5.41) is 1.19. The number of allylic oxidation sites excluding steroid dienone is 1. The minimum Gasteiger partial charge on any atom is -0.378 e. The molecule has 0 fully saturated rings. The Morgan fingerprint density at radius 3 is 2.53 bits per heavy atom. The lowest BCUT2D eigenvalue weighted by Crippen LogP contribution is -2.14. The molecule has 0 atom stereocenters. The van der Waals surface area contributed by atoms with Crippen LogP contribution in [-0.4, -0.2) is 18.5 Å². The summed E-state index contributed by atoms with van der Waals surface area (Å²) in [4.78, 5) is 2.17. The maximum absolute atomic E-state index is 5.94. The fourth-order valence-corrected chi connectivity index (χ4v) is 1.51. The van der Waals surface area contributed by atoms with Gasteiger partial charge in [-0.3, -0.25) is 0 Å². The fraction of sp³-hybridized carbons (Fsp3) is 0.333. The van der Waals surface area contributed by atoms with Gasteiger partial charge in [0.1, 0.15) is 0 Å². The van der Waals surface area contributed by atoms with Crippen LogP contribution in [0.4, 0.5) is 0 Å². The van der Waals surface area contributed by atoms with Gasteiger partial charge >= 0.3 is 0 Å². The van der Waals surface area contributed by atoms with Crippen molar-refractivity contribution in [3.05, 3.63) is 39.5 Å². The molecule has 1 nitrogen and oxygen atoms in total. The molecule has 0 radical (unpaired) electrons. The molecule has 0 aliphatic heterocycles. The predicted octanol–water partition coefficient (Wildman–Crippen LogP) is 4.31. The van der Waals surface area contributed by atoms with E-state index in [1.54, 1.807) is 0 Å². The lowest BCUT2D eigenvalue weighted by atomic mass is 10.2. The van der Waals surface area contributed by atoms with Crippen molar-refractivity contribution < 1.29 is 0 Å². The third-order valence-electron chi connectivity index (χ3n) is 2.40. The summed E-state index contributed by atoms with van der Waals surface area (Å²) in [7, 11) is 2.06. The van der Waals surface area contributed by atoms with E-state index < -0.39 is 0 Å². The molecule has 82 valence electrons. The zero-order chi connectivity index (χ0) is 11.4. The molecule has 1 aromatic carbocycles. The largest absolute Gasteiger partial charge is 0.378 e. The van der Waals surface area contributed by atoms with Crippen molar-refractivity contribution in [3.8, 4) is 0 Å². The molecule has 0 aliphatic carbocycles. The van der Waals surface area contributed by atoms with Crippen molar-refractivity contribution in [1.29, 1.82) is 0 Å². The molecule has 0 aliphatic rings. The molecule has 0 heterocycles. The summed E-state index contributed by atoms with van der Waals surface area (Å²) >= 11 is 11.8. The molecule has 0 bridgehead atoms. The number of halogens is 2. The summed E-state index contributed by atoms with van der Waals surface area (Å²) in [6, 6.07) is 5.65. The number of hydrogen-bond donors (Lipinski definition) is 0. The number of rotatable bonds is 3. The Hall–Kier alpha value is -0.660. The van der Waals surface area contributed by atoms with E-state index in [1.807, 2.05) is 18.2 Å². The first-order chi connectivity index (χ1) is 7.04. The molecule has 1 aromatic rings. The van der Waals surface area contributed by atoms with Gasteiger partial charge in [0.15, 0.2) is 0 Å². The summed E-state index contributed by atoms with van der Waals surface area (Å²) < 4.78 is 0. The van der Waals surface area contributed by atoms with Crippen LogP contribution >= 0.6 is 23.2 Å². The van der Waals surface area contributed by atoms with Gasteiger partial charge in [-0.25, -0.2) is 0 Å². The minimum absolute atomic E-state index is 0.593. The van der Waals surface area contributed by atoms with Crippen LogP contribution in [0.1, 0.15) is 19.4 Å². The van der Waals surface area contributed by atoms with Gasteiger partial charge in [-0.15, -0.1) is 0 Å². The van der Waals surface area contributed by atoms with Crippen LogP contribution in [0.3, 0.4) is 0 Å². The van der Waals surface area contributed by atoms with Gasteiger partial charge in [-0.1, -0.05) is 29.3 Å². The second kappa shape index (κ2) is 5.43. The van der Waals surface area contributed by atoms with Crippen LogP contribution in [0.25, 0.3) is 6.08 Å². The SMILES string of the molecule is CCN(C)/C(C)=C/c1ccc(Cl)c(Cl)c1. The summed E-state index contributed by atoms with van der Waals surface area (Å²) in [6.07, 6.45) is 2.09. The van der Waals surface area contributed by atoms with Gasteiger partial charge < -0.3 is 4.90 Å². The van der Waals surface area contributed by atoms with Crippen LogP contribution in [0.2, 0.25) is 10.0 Å². The number of benzene rings is 1. The molecule has 0 amide bonds. The van der Waals surface area contributed by atoms with Crippen molar-refractivity contribution in [3.63, 3.8) is 0 Å². The smallest absolute Gasteiger partial charge is 0.0598 e. The third-order valence-corrected chi connectivity index (χ3v) is 3.13. The van der Waals surface area contributed by atoms with Gasteiger partial charge in [-0.05, 0) is 37.6 Å². The van der Waals surface area contributed by atoms with Crippen molar-refractivity contribution >= 4 is 29.3 Å². The monoisotopic (exact) mass is 243 g/mol. The van der Waals surface area contributed by atoms with Crippen molar-refractivity contribution in [2.45, 2.75) is 13.8 Å². The molecular formula is C12H15Cl2N. The molecule has 0 N–H and O–H groups in total. The molecule has 0 aromatic heterocycles. The highest BCUT2D eigenvalue weighted by Crippen LogP contribution is 2.23. The lowest BCUT2D eigenvalue weighted by Gasteiger charge is -2.17. The standard InChI is InChI=1S/C12H15Cl2N/c1-4-15(3)9(2)7-10-5-6-11(13)12(14)8-10/h5-8H,4H2,1-3H3/b9-7+. The van der Waals surface area contributed by atoms with Gasteiger partial charge in [-0.2, -0.15) is 0 Å². The van der Waals surface area contributed by atoms with Crippen molar-refractivity contribution in [2.24, 2.45) is 0 Å². The molecule has 0 unspecified atom stereocenters. The Labute approximate surface area is 101 Å². The van der Waals surface area contributed by atoms with E-state index in [-0.39, 0.29) is 0 Å². The molecule has 1 rings (SSSR count). The Kier molecular flexibility index (Phi) is 4.49. The van der Waals surface area contributed by atoms with Gasteiger partial charge in [0.25, 0.3) is 0 Å². The zero-order valence-corrected chi connectivity index (χ0v) is 10.7. The van der Waals surface area contributed by atoms with Crippen molar-refractivity contribution in [2.75, 3.05) is 13.6 Å². The van der Waals surface area contributed by atoms with E-state index in [2.05, 4.69) is 31.9 Å². The predicted molar refractivity (Wildman–Crippen MR) is 68.4 cm³/mol. The normalized spacial score (nSPS) is 11.7. The number of nitrogens with zero attached hydrogens (tertiary/aromatic N) is 1. The second-order valence-electron chi connectivity index (χ2n) is 3.47. The molecule has 0 spiro atoms. The quantitative estimate of drug-likeness (QED) is 0.765. The first kappa shape index (κ1) is 12.4. The Morgan fingerprint density at radius 1 is 1.33 bits per heavy atom. The van der Waals surface area contributed by atoms with E-state index in [1.165, 1.54) is 5.70 Å². The van der Waals surface area contributed by atoms with Crippen LogP contribution in [0.15, 0.2) is 23.9 Å². The first-order valence-electron chi connectivity index (χ1n) is 4.89. The maximum atomic E-state index is 5.94. The van der Waals surface area contributed by atoms with Gasteiger partial charge in [0, 0.05) is 19.3 Å². The third kappa shape index (κ3) is 3.44. The van der Waals surface area contributed by atoms with Crippen LogP contribution in [-0.2, 0) is 0 Å². The highest BCUT2D eigenvalue weighted by Gasteiger charge is 1.99. The summed E-state index contributed by atoms with van der Waals surface area (Å²) in [6.45, 7) is 5.18. The molecule has 3 heteroatoms. The topological polar surface area (TPSA) is 3.24 Å².